The molecule has 3 aromatic rings. The van der Waals surface area contributed by atoms with Gasteiger partial charge in [0.05, 0.1) is 35.7 Å². The molecule has 1 aliphatic carbocycles. The van der Waals surface area contributed by atoms with Gasteiger partial charge in [-0.05, 0) is 69.5 Å². The Labute approximate surface area is 243 Å². The molecule has 42 heavy (non-hydrogen) atoms. The molecule has 0 atom stereocenters. The first-order chi connectivity index (χ1) is 19.9. The van der Waals surface area contributed by atoms with Crippen molar-refractivity contribution < 1.29 is 23.5 Å². The van der Waals surface area contributed by atoms with Gasteiger partial charge in [0.1, 0.15) is 17.2 Å². The Morgan fingerprint density at radius 3 is 2.45 bits per heavy atom. The number of benzene rings is 2. The fourth-order valence-corrected chi connectivity index (χ4v) is 5.02. The van der Waals surface area contributed by atoms with Crippen LogP contribution in [0.4, 0.5) is 33.0 Å². The van der Waals surface area contributed by atoms with Crippen molar-refractivity contribution in [2.75, 3.05) is 35.8 Å². The molecule has 11 heteroatoms. The molecule has 0 bridgehead atoms. The molecule has 10 nitrogen and oxygen atoms in total. The van der Waals surface area contributed by atoms with E-state index in [1.165, 1.54) is 28.6 Å². The van der Waals surface area contributed by atoms with Gasteiger partial charge in [0.2, 0.25) is 12.3 Å². The van der Waals surface area contributed by atoms with Gasteiger partial charge in [-0.1, -0.05) is 12.1 Å². The van der Waals surface area contributed by atoms with Crippen molar-refractivity contribution in [3.63, 3.8) is 0 Å². The van der Waals surface area contributed by atoms with Crippen molar-refractivity contribution in [1.29, 1.82) is 0 Å². The number of carbonyl (C=O) groups excluding carboxylic acids is 3. The highest BCUT2D eigenvalue weighted by Crippen LogP contribution is 2.38. The number of anilines is 5. The minimum Gasteiger partial charge on any atom is -0.379 e. The van der Waals surface area contributed by atoms with E-state index in [2.05, 4.69) is 10.6 Å². The summed E-state index contributed by atoms with van der Waals surface area (Å²) in [7, 11) is 3.17. The summed E-state index contributed by atoms with van der Waals surface area (Å²) in [5.41, 5.74) is 0.686. The van der Waals surface area contributed by atoms with Crippen LogP contribution in [-0.4, -0.2) is 54.0 Å². The summed E-state index contributed by atoms with van der Waals surface area (Å²) in [6, 6.07) is 11.2. The lowest BCUT2D eigenvalue weighted by molar-refractivity contribution is -0.151. The molecule has 2 aromatic carbocycles. The van der Waals surface area contributed by atoms with Crippen LogP contribution < -0.4 is 21.1 Å². The summed E-state index contributed by atoms with van der Waals surface area (Å²) in [6.07, 6.45) is 2.19. The fraction of sp³-hybridized carbons (Fsp3) is 0.355. The first kappa shape index (κ1) is 29.0. The zero-order valence-corrected chi connectivity index (χ0v) is 24.3. The van der Waals surface area contributed by atoms with Crippen LogP contribution in [0, 0.1) is 25.1 Å². The van der Waals surface area contributed by atoms with E-state index in [4.69, 9.17) is 4.74 Å². The lowest BCUT2D eigenvalue weighted by Gasteiger charge is -2.36. The summed E-state index contributed by atoms with van der Waals surface area (Å²) in [6.45, 7) is 5.72. The minimum atomic E-state index is -0.651. The molecule has 1 aromatic heterocycles. The molecule has 0 spiro atoms. The van der Waals surface area contributed by atoms with Crippen LogP contribution in [0.25, 0.3) is 0 Å². The number of rotatable bonds is 9. The quantitative estimate of drug-likeness (QED) is 0.366. The number of ether oxygens (including phenoxy) is 1. The number of carbonyl (C=O) groups is 3. The highest BCUT2D eigenvalue weighted by Gasteiger charge is 2.41. The van der Waals surface area contributed by atoms with Crippen LogP contribution in [0.2, 0.25) is 0 Å². The third-order valence-electron chi connectivity index (χ3n) is 7.91. The number of halogens is 1. The smallest absolute Gasteiger partial charge is 0.259 e. The Morgan fingerprint density at radius 1 is 1.14 bits per heavy atom. The maximum atomic E-state index is 15.0. The second-order valence-corrected chi connectivity index (χ2v) is 11.4. The third-order valence-corrected chi connectivity index (χ3v) is 7.91. The van der Waals surface area contributed by atoms with E-state index >= 15 is 0 Å². The predicted molar refractivity (Wildman–Crippen MR) is 158 cm³/mol. The topological polar surface area (TPSA) is 113 Å². The molecular weight excluding hydrogens is 541 g/mol. The molecular formula is C31H34FN5O5. The van der Waals surface area contributed by atoms with E-state index < -0.39 is 22.7 Å². The van der Waals surface area contributed by atoms with Gasteiger partial charge >= 0.3 is 0 Å². The van der Waals surface area contributed by atoms with E-state index in [-0.39, 0.29) is 40.3 Å². The van der Waals surface area contributed by atoms with Gasteiger partial charge in [-0.3, -0.25) is 28.6 Å². The summed E-state index contributed by atoms with van der Waals surface area (Å²) in [5, 5.41) is 5.83. The van der Waals surface area contributed by atoms with E-state index in [0.29, 0.717) is 36.6 Å². The van der Waals surface area contributed by atoms with Crippen molar-refractivity contribution in [3.8, 4) is 0 Å². The molecule has 0 radical (unpaired) electrons. The van der Waals surface area contributed by atoms with Crippen molar-refractivity contribution in [2.45, 2.75) is 39.7 Å². The minimum absolute atomic E-state index is 0.0203. The monoisotopic (exact) mass is 575 g/mol. The van der Waals surface area contributed by atoms with Gasteiger partial charge in [0, 0.05) is 31.4 Å². The Bertz CT molecular complexity index is 1640. The second-order valence-electron chi connectivity index (χ2n) is 11.4. The molecule has 2 heterocycles. The maximum Gasteiger partial charge on any atom is 0.259 e. The number of amides is 3. The Kier molecular flexibility index (Phi) is 7.63. The summed E-state index contributed by atoms with van der Waals surface area (Å²) < 4.78 is 21.4. The molecule has 1 saturated heterocycles. The highest BCUT2D eigenvalue weighted by molar-refractivity contribution is 6.09. The number of aromatic nitrogens is 1. The zero-order valence-electron chi connectivity index (χ0n) is 24.3. The zero-order chi connectivity index (χ0) is 30.3. The average molecular weight is 576 g/mol. The normalized spacial score (nSPS) is 15.4. The number of nitrogens with zero attached hydrogens (tertiary/aromatic N) is 3. The largest absolute Gasteiger partial charge is 0.379 e. The number of nitrogens with one attached hydrogen (secondary N) is 2. The number of hydrogen-bond acceptors (Lipinski definition) is 6. The average Bonchev–Trinajstić information content (AvgIpc) is 3.79. The summed E-state index contributed by atoms with van der Waals surface area (Å²) >= 11 is 0. The van der Waals surface area contributed by atoms with Gasteiger partial charge in [-0.15, -0.1) is 0 Å². The van der Waals surface area contributed by atoms with Gasteiger partial charge in [-0.25, -0.2) is 4.39 Å². The molecule has 2 aliphatic rings. The summed E-state index contributed by atoms with van der Waals surface area (Å²) in [5.74, 6) is -1.15. The van der Waals surface area contributed by atoms with Crippen LogP contribution in [0.1, 0.15) is 41.3 Å². The maximum absolute atomic E-state index is 15.0. The van der Waals surface area contributed by atoms with Crippen molar-refractivity contribution >= 4 is 46.8 Å². The Balaban J connectivity index is 1.66. The van der Waals surface area contributed by atoms with Crippen LogP contribution in [0.5, 0.6) is 0 Å². The molecule has 5 rings (SSSR count). The van der Waals surface area contributed by atoms with Crippen LogP contribution in [0.15, 0.2) is 47.3 Å². The van der Waals surface area contributed by atoms with Gasteiger partial charge in [0.25, 0.3) is 11.5 Å². The van der Waals surface area contributed by atoms with Crippen LogP contribution in [0.3, 0.4) is 0 Å². The lowest BCUT2D eigenvalue weighted by atomic mass is 9.87. The fourth-order valence-electron chi connectivity index (χ4n) is 5.02. The van der Waals surface area contributed by atoms with Crippen molar-refractivity contribution in [2.24, 2.45) is 12.5 Å². The van der Waals surface area contributed by atoms with E-state index in [0.717, 1.165) is 12.8 Å². The first-order valence-electron chi connectivity index (χ1n) is 13.7. The highest BCUT2D eigenvalue weighted by atomic mass is 19.1. The Hall–Kier alpha value is -4.51. The standard InChI is InChI=1S/C31H34FN5O5/c1-18-9-12-24(23(32)13-18)34-27-25(29(40)35(4)21-10-11-21)26(19(2)28(39)36(27)5)37(17-38)22-8-6-7-20(14-22)33-30(41)31(3)15-42-16-31/h6-9,12-14,17,21,34H,10-11,15-16H2,1-5H3,(H,33,41). The third kappa shape index (κ3) is 5.27. The number of aryl methyl sites for hydroxylation is 1. The van der Waals surface area contributed by atoms with E-state index in [1.807, 2.05) is 0 Å². The van der Waals surface area contributed by atoms with Crippen molar-refractivity contribution in [3.05, 3.63) is 75.3 Å². The lowest BCUT2D eigenvalue weighted by Crippen LogP contribution is -2.49. The van der Waals surface area contributed by atoms with Gasteiger partial charge < -0.3 is 20.3 Å². The molecule has 2 N–H and O–H groups in total. The van der Waals surface area contributed by atoms with Crippen molar-refractivity contribution in [1.82, 2.24) is 9.47 Å². The van der Waals surface area contributed by atoms with Gasteiger partial charge in [-0.2, -0.15) is 0 Å². The number of pyridine rings is 1. The predicted octanol–water partition coefficient (Wildman–Crippen LogP) is 4.39. The van der Waals surface area contributed by atoms with Crippen LogP contribution >= 0.6 is 0 Å². The van der Waals surface area contributed by atoms with Gasteiger partial charge in [0.15, 0.2) is 0 Å². The molecule has 1 aliphatic heterocycles. The SMILES string of the molecule is Cc1ccc(Nc2c(C(=O)N(C)C3CC3)c(N(C=O)c3cccc(NC(=O)C4(C)COC4)c3)c(C)c(=O)n2C)c(F)c1. The molecule has 220 valence electrons. The van der Waals surface area contributed by atoms with E-state index in [9.17, 15) is 23.6 Å². The molecule has 0 unspecified atom stereocenters. The molecule has 3 amide bonds. The number of hydrogen-bond donors (Lipinski definition) is 2. The second kappa shape index (κ2) is 11.1. The first-order valence-corrected chi connectivity index (χ1v) is 13.7. The molecule has 1 saturated carbocycles. The summed E-state index contributed by atoms with van der Waals surface area (Å²) in [4.78, 5) is 56.0. The van der Waals surface area contributed by atoms with E-state index in [1.54, 1.807) is 63.1 Å². The van der Waals surface area contributed by atoms with Crippen LogP contribution in [-0.2, 0) is 21.4 Å². The molecule has 2 fully saturated rings. The Morgan fingerprint density at radius 2 is 1.86 bits per heavy atom.